The summed E-state index contributed by atoms with van der Waals surface area (Å²) in [4.78, 5) is 11.5. The van der Waals surface area contributed by atoms with E-state index in [1.165, 1.54) is 10.6 Å². The van der Waals surface area contributed by atoms with Crippen LogP contribution in [0.5, 0.6) is 0 Å². The Labute approximate surface area is 114 Å². The number of aromatic nitrogens is 1. The van der Waals surface area contributed by atoms with Gasteiger partial charge in [0.15, 0.2) is 0 Å². The lowest BCUT2D eigenvalue weighted by Gasteiger charge is -2.06. The molecular formula is C14H12FNO2S. The first kappa shape index (κ1) is 13.5. The molecule has 0 radical (unpaired) electrons. The molecule has 2 aromatic rings. The molecule has 0 unspecified atom stereocenters. The van der Waals surface area contributed by atoms with Crippen LogP contribution < -0.4 is 4.87 Å². The fourth-order valence-corrected chi connectivity index (χ4v) is 2.40. The lowest BCUT2D eigenvalue weighted by molar-refractivity contribution is 0.350. The van der Waals surface area contributed by atoms with Gasteiger partial charge in [0.05, 0.1) is 6.54 Å². The van der Waals surface area contributed by atoms with E-state index in [1.807, 2.05) is 6.92 Å². The van der Waals surface area contributed by atoms with Gasteiger partial charge in [-0.05, 0) is 19.1 Å². The second-order valence-corrected chi connectivity index (χ2v) is 4.82. The Hall–Kier alpha value is -1.90. The zero-order valence-electron chi connectivity index (χ0n) is 10.3. The lowest BCUT2D eigenvalue weighted by Crippen LogP contribution is -2.16. The van der Waals surface area contributed by atoms with Gasteiger partial charge in [0.2, 0.25) is 0 Å². The maximum absolute atomic E-state index is 13.9. The van der Waals surface area contributed by atoms with Crippen molar-refractivity contribution in [3.05, 3.63) is 55.9 Å². The van der Waals surface area contributed by atoms with Crippen molar-refractivity contribution in [2.45, 2.75) is 13.5 Å². The topological polar surface area (TPSA) is 42.2 Å². The van der Waals surface area contributed by atoms with Gasteiger partial charge in [-0.3, -0.25) is 9.36 Å². The molecule has 0 bridgehead atoms. The molecule has 5 heteroatoms. The third kappa shape index (κ3) is 3.11. The average Bonchev–Trinajstić information content (AvgIpc) is 2.70. The molecule has 0 saturated heterocycles. The smallest absolute Gasteiger partial charge is 0.307 e. The minimum atomic E-state index is -0.401. The Morgan fingerprint density at radius 1 is 1.47 bits per heavy atom. The summed E-state index contributed by atoms with van der Waals surface area (Å²) in [5.41, 5.74) is 1.77. The van der Waals surface area contributed by atoms with Gasteiger partial charge in [0.1, 0.15) is 12.4 Å². The zero-order chi connectivity index (χ0) is 13.8. The number of aliphatic hydroxyl groups is 1. The van der Waals surface area contributed by atoms with Crippen LogP contribution in [0.3, 0.4) is 0 Å². The molecule has 1 aromatic heterocycles. The molecule has 3 nitrogen and oxygen atoms in total. The fraction of sp³-hybridized carbons (Fsp3) is 0.214. The van der Waals surface area contributed by atoms with Gasteiger partial charge in [-0.2, -0.15) is 0 Å². The third-order valence-electron chi connectivity index (χ3n) is 2.67. The van der Waals surface area contributed by atoms with E-state index < -0.39 is 5.82 Å². The van der Waals surface area contributed by atoms with E-state index in [-0.39, 0.29) is 18.0 Å². The molecule has 98 valence electrons. The van der Waals surface area contributed by atoms with E-state index in [0.717, 1.165) is 17.0 Å². The van der Waals surface area contributed by atoms with Crippen LogP contribution in [0, 0.1) is 24.6 Å². The van der Waals surface area contributed by atoms with Gasteiger partial charge in [-0.1, -0.05) is 29.2 Å². The van der Waals surface area contributed by atoms with E-state index >= 15 is 0 Å². The lowest BCUT2D eigenvalue weighted by atomic mass is 10.1. The Morgan fingerprint density at radius 3 is 2.84 bits per heavy atom. The van der Waals surface area contributed by atoms with Gasteiger partial charge in [-0.25, -0.2) is 4.39 Å². The van der Waals surface area contributed by atoms with Gasteiger partial charge in [0, 0.05) is 22.2 Å². The molecule has 0 aliphatic carbocycles. The molecular weight excluding hydrogens is 265 g/mol. The normalized spacial score (nSPS) is 10.1. The van der Waals surface area contributed by atoms with Crippen molar-refractivity contribution in [2.75, 3.05) is 6.61 Å². The third-order valence-corrected chi connectivity index (χ3v) is 3.55. The van der Waals surface area contributed by atoms with Crippen LogP contribution in [0.15, 0.2) is 28.4 Å². The first-order chi connectivity index (χ1) is 9.11. The Kier molecular flexibility index (Phi) is 4.15. The molecule has 0 saturated carbocycles. The summed E-state index contributed by atoms with van der Waals surface area (Å²) in [7, 11) is 0. The summed E-state index contributed by atoms with van der Waals surface area (Å²) in [6.45, 7) is 1.78. The quantitative estimate of drug-likeness (QED) is 0.850. The standard InChI is InChI=1S/C14H12FNO2S/c1-10-9-19-14(18)16(10)8-12-5-4-11(3-2-6-17)7-13(12)15/h4-5,7,9,17H,6,8H2,1H3. The number of thiazole rings is 1. The van der Waals surface area contributed by atoms with E-state index in [0.29, 0.717) is 11.1 Å². The number of hydrogen-bond donors (Lipinski definition) is 1. The largest absolute Gasteiger partial charge is 0.384 e. The zero-order valence-corrected chi connectivity index (χ0v) is 11.1. The van der Waals surface area contributed by atoms with E-state index in [1.54, 1.807) is 17.5 Å². The summed E-state index contributed by atoms with van der Waals surface area (Å²) < 4.78 is 15.4. The maximum Gasteiger partial charge on any atom is 0.307 e. The number of nitrogens with zero attached hydrogens (tertiary/aromatic N) is 1. The van der Waals surface area contributed by atoms with Gasteiger partial charge in [0.25, 0.3) is 0 Å². The maximum atomic E-state index is 13.9. The van der Waals surface area contributed by atoms with E-state index in [2.05, 4.69) is 11.8 Å². The van der Waals surface area contributed by atoms with Crippen molar-refractivity contribution in [3.63, 3.8) is 0 Å². The minimum Gasteiger partial charge on any atom is -0.384 e. The Morgan fingerprint density at radius 2 is 2.26 bits per heavy atom. The molecule has 0 aliphatic rings. The molecule has 0 spiro atoms. The van der Waals surface area contributed by atoms with Crippen molar-refractivity contribution in [3.8, 4) is 11.8 Å². The van der Waals surface area contributed by atoms with Gasteiger partial charge in [-0.15, -0.1) is 0 Å². The first-order valence-corrected chi connectivity index (χ1v) is 6.53. The van der Waals surface area contributed by atoms with Crippen molar-refractivity contribution < 1.29 is 9.50 Å². The summed E-state index contributed by atoms with van der Waals surface area (Å²) in [5.74, 6) is 4.70. The highest BCUT2D eigenvalue weighted by atomic mass is 32.1. The predicted octanol–water partition coefficient (Wildman–Crippen LogP) is 1.75. The molecule has 0 aliphatic heterocycles. The van der Waals surface area contributed by atoms with Crippen LogP contribution in [-0.2, 0) is 6.54 Å². The number of halogens is 1. The highest BCUT2D eigenvalue weighted by Gasteiger charge is 2.07. The molecule has 0 fully saturated rings. The summed E-state index contributed by atoms with van der Waals surface area (Å²) in [6, 6.07) is 4.60. The van der Waals surface area contributed by atoms with Crippen LogP contribution in [0.25, 0.3) is 0 Å². The molecule has 1 aromatic carbocycles. The Bertz CT molecular complexity index is 706. The van der Waals surface area contributed by atoms with Crippen molar-refractivity contribution >= 4 is 11.3 Å². The van der Waals surface area contributed by atoms with Crippen molar-refractivity contribution in [1.82, 2.24) is 4.57 Å². The summed E-state index contributed by atoms with van der Waals surface area (Å²) in [5, 5.41) is 10.3. The van der Waals surface area contributed by atoms with Crippen LogP contribution in [0.2, 0.25) is 0 Å². The Balaban J connectivity index is 2.30. The molecule has 1 N–H and O–H groups in total. The summed E-state index contributed by atoms with van der Waals surface area (Å²) >= 11 is 1.11. The van der Waals surface area contributed by atoms with Gasteiger partial charge >= 0.3 is 4.87 Å². The second-order valence-electron chi connectivity index (χ2n) is 4.00. The number of benzene rings is 1. The number of hydrogen-bond acceptors (Lipinski definition) is 3. The summed E-state index contributed by atoms with van der Waals surface area (Å²) in [6.07, 6.45) is 0. The second kappa shape index (κ2) is 5.83. The molecule has 0 atom stereocenters. The van der Waals surface area contributed by atoms with Crippen molar-refractivity contribution in [1.29, 1.82) is 0 Å². The highest BCUT2D eigenvalue weighted by Crippen LogP contribution is 2.12. The molecule has 1 heterocycles. The SMILES string of the molecule is Cc1csc(=O)n1Cc1ccc(C#CCO)cc1F. The van der Waals surface area contributed by atoms with Gasteiger partial charge < -0.3 is 5.11 Å². The number of rotatable bonds is 2. The van der Waals surface area contributed by atoms with E-state index in [9.17, 15) is 9.18 Å². The monoisotopic (exact) mass is 277 g/mol. The van der Waals surface area contributed by atoms with Crippen LogP contribution in [0.1, 0.15) is 16.8 Å². The van der Waals surface area contributed by atoms with Crippen LogP contribution >= 0.6 is 11.3 Å². The van der Waals surface area contributed by atoms with Crippen molar-refractivity contribution in [2.24, 2.45) is 0 Å². The van der Waals surface area contributed by atoms with Crippen LogP contribution in [0.4, 0.5) is 4.39 Å². The number of aliphatic hydroxyl groups excluding tert-OH is 1. The van der Waals surface area contributed by atoms with Crippen LogP contribution in [-0.4, -0.2) is 16.3 Å². The molecule has 0 amide bonds. The first-order valence-electron chi connectivity index (χ1n) is 5.65. The highest BCUT2D eigenvalue weighted by molar-refractivity contribution is 7.07. The number of aryl methyl sites for hydroxylation is 1. The fourth-order valence-electron chi connectivity index (χ4n) is 1.66. The minimum absolute atomic E-state index is 0.0963. The predicted molar refractivity (Wildman–Crippen MR) is 72.8 cm³/mol. The van der Waals surface area contributed by atoms with E-state index in [4.69, 9.17) is 5.11 Å². The molecule has 19 heavy (non-hydrogen) atoms. The average molecular weight is 277 g/mol. The molecule has 2 rings (SSSR count).